The number of rotatable bonds is 9. The zero-order chi connectivity index (χ0) is 18.6. The van der Waals surface area contributed by atoms with Gasteiger partial charge >= 0.3 is 0 Å². The highest BCUT2D eigenvalue weighted by molar-refractivity contribution is 5.97. The van der Waals surface area contributed by atoms with Crippen LogP contribution in [0.25, 0.3) is 6.08 Å². The number of para-hydroxylation sites is 1. The Morgan fingerprint density at radius 2 is 1.77 bits per heavy atom. The summed E-state index contributed by atoms with van der Waals surface area (Å²) in [5.41, 5.74) is 4.86. The first-order valence-electron chi connectivity index (χ1n) is 9.07. The van der Waals surface area contributed by atoms with Crippen LogP contribution in [0.2, 0.25) is 0 Å². The predicted molar refractivity (Wildman–Crippen MR) is 107 cm³/mol. The average molecular weight is 350 g/mol. The zero-order valence-electron chi connectivity index (χ0n) is 15.2. The number of phenols is 1. The molecule has 0 saturated carbocycles. The number of carbonyl (C=O) groups excluding carboxylic acids is 1. The van der Waals surface area contributed by atoms with Crippen LogP contribution in [0.1, 0.15) is 54.9 Å². The van der Waals surface area contributed by atoms with Crippen LogP contribution in [0.15, 0.2) is 65.3 Å². The molecule has 0 aliphatic carbocycles. The van der Waals surface area contributed by atoms with Crippen LogP contribution in [0.5, 0.6) is 5.75 Å². The van der Waals surface area contributed by atoms with Crippen molar-refractivity contribution in [2.75, 3.05) is 0 Å². The summed E-state index contributed by atoms with van der Waals surface area (Å²) < 4.78 is 0. The molecule has 2 aromatic rings. The number of nitrogens with zero attached hydrogens (tertiary/aromatic N) is 1. The normalized spacial score (nSPS) is 11.7. The van der Waals surface area contributed by atoms with Crippen LogP contribution in [-0.4, -0.2) is 17.2 Å². The summed E-state index contributed by atoms with van der Waals surface area (Å²) in [6.45, 7) is 2.19. The van der Waals surface area contributed by atoms with Crippen molar-refractivity contribution in [2.45, 2.75) is 39.0 Å². The van der Waals surface area contributed by atoms with E-state index in [2.05, 4.69) is 23.5 Å². The number of allylic oxidation sites excluding steroid dienone is 1. The van der Waals surface area contributed by atoms with Gasteiger partial charge in [0.05, 0.1) is 11.8 Å². The maximum absolute atomic E-state index is 12.1. The molecule has 2 aromatic carbocycles. The lowest BCUT2D eigenvalue weighted by Crippen LogP contribution is -2.17. The van der Waals surface area contributed by atoms with Gasteiger partial charge in [-0.2, -0.15) is 5.10 Å². The SMILES string of the molecule is CCCCCCC(/C=N/NC(=O)c1ccccc1O)=C\c1ccccc1. The Morgan fingerprint density at radius 1 is 1.04 bits per heavy atom. The summed E-state index contributed by atoms with van der Waals surface area (Å²) in [4.78, 5) is 12.1. The van der Waals surface area contributed by atoms with Crippen molar-refractivity contribution in [1.29, 1.82) is 0 Å². The fourth-order valence-electron chi connectivity index (χ4n) is 2.59. The molecule has 0 atom stereocenters. The Morgan fingerprint density at radius 3 is 2.50 bits per heavy atom. The monoisotopic (exact) mass is 350 g/mol. The average Bonchev–Trinajstić information content (AvgIpc) is 2.66. The summed E-state index contributed by atoms with van der Waals surface area (Å²) in [5.74, 6) is -0.482. The minimum atomic E-state index is -0.426. The van der Waals surface area contributed by atoms with Crippen LogP contribution in [0.3, 0.4) is 0 Å². The fraction of sp³-hybridized carbons (Fsp3) is 0.273. The summed E-state index contributed by atoms with van der Waals surface area (Å²) in [6, 6.07) is 16.5. The quantitative estimate of drug-likeness (QED) is 0.373. The molecule has 0 spiro atoms. The van der Waals surface area contributed by atoms with E-state index in [4.69, 9.17) is 0 Å². The smallest absolute Gasteiger partial charge is 0.275 e. The van der Waals surface area contributed by atoms with Gasteiger partial charge in [0, 0.05) is 0 Å². The van der Waals surface area contributed by atoms with Gasteiger partial charge in [0.25, 0.3) is 5.91 Å². The van der Waals surface area contributed by atoms with Crippen molar-refractivity contribution in [2.24, 2.45) is 5.10 Å². The van der Waals surface area contributed by atoms with Crippen LogP contribution >= 0.6 is 0 Å². The number of hydrogen-bond acceptors (Lipinski definition) is 3. The van der Waals surface area contributed by atoms with Crippen LogP contribution in [0, 0.1) is 0 Å². The minimum Gasteiger partial charge on any atom is -0.507 e. The molecule has 0 bridgehead atoms. The van der Waals surface area contributed by atoms with Crippen molar-refractivity contribution in [3.05, 3.63) is 71.3 Å². The third kappa shape index (κ3) is 6.55. The number of amides is 1. The molecule has 26 heavy (non-hydrogen) atoms. The third-order valence-electron chi connectivity index (χ3n) is 4.02. The first-order chi connectivity index (χ1) is 12.7. The number of hydrazone groups is 1. The van der Waals surface area contributed by atoms with E-state index in [-0.39, 0.29) is 11.3 Å². The third-order valence-corrected chi connectivity index (χ3v) is 4.02. The lowest BCUT2D eigenvalue weighted by atomic mass is 10.0. The molecule has 0 aromatic heterocycles. The molecule has 0 fully saturated rings. The van der Waals surface area contributed by atoms with Crippen molar-refractivity contribution < 1.29 is 9.90 Å². The Hall–Kier alpha value is -2.88. The highest BCUT2D eigenvalue weighted by Gasteiger charge is 2.08. The van der Waals surface area contributed by atoms with Crippen molar-refractivity contribution >= 4 is 18.2 Å². The molecule has 4 heteroatoms. The fourth-order valence-corrected chi connectivity index (χ4v) is 2.59. The van der Waals surface area contributed by atoms with E-state index in [1.807, 2.05) is 30.3 Å². The van der Waals surface area contributed by atoms with Gasteiger partial charge in [0.2, 0.25) is 0 Å². The highest BCUT2D eigenvalue weighted by atomic mass is 16.3. The number of benzene rings is 2. The lowest BCUT2D eigenvalue weighted by Gasteiger charge is -2.04. The minimum absolute atomic E-state index is 0.0557. The maximum Gasteiger partial charge on any atom is 0.275 e. The van der Waals surface area contributed by atoms with Crippen LogP contribution in [0.4, 0.5) is 0 Å². The molecule has 0 saturated heterocycles. The topological polar surface area (TPSA) is 61.7 Å². The second-order valence-corrected chi connectivity index (χ2v) is 6.16. The largest absolute Gasteiger partial charge is 0.507 e. The Bertz CT molecular complexity index is 752. The van der Waals surface area contributed by atoms with E-state index in [0.717, 1.165) is 24.0 Å². The van der Waals surface area contributed by atoms with Crippen LogP contribution in [-0.2, 0) is 0 Å². The Balaban J connectivity index is 2.03. The molecular formula is C22H26N2O2. The van der Waals surface area contributed by atoms with Gasteiger partial charge in [0.15, 0.2) is 0 Å². The van der Waals surface area contributed by atoms with E-state index in [0.29, 0.717) is 0 Å². The van der Waals surface area contributed by atoms with E-state index in [1.165, 1.54) is 25.3 Å². The van der Waals surface area contributed by atoms with E-state index >= 15 is 0 Å². The highest BCUT2D eigenvalue weighted by Crippen LogP contribution is 2.15. The number of nitrogens with one attached hydrogen (secondary N) is 1. The standard InChI is InChI=1S/C22H26N2O2/c1-2-3-4-6-13-19(16-18-11-7-5-8-12-18)17-23-24-22(26)20-14-9-10-15-21(20)25/h5,7-12,14-17,25H,2-4,6,13H2,1H3,(H,24,26)/b19-16+,23-17+. The maximum atomic E-state index is 12.1. The summed E-state index contributed by atoms with van der Waals surface area (Å²) in [6.07, 6.45) is 9.37. The Labute approximate surface area is 155 Å². The number of unbranched alkanes of at least 4 members (excludes halogenated alkanes) is 3. The van der Waals surface area contributed by atoms with Crippen LogP contribution < -0.4 is 5.43 Å². The van der Waals surface area contributed by atoms with Gasteiger partial charge in [-0.05, 0) is 36.1 Å². The van der Waals surface area contributed by atoms with Gasteiger partial charge in [-0.1, -0.05) is 74.7 Å². The van der Waals surface area contributed by atoms with Crippen molar-refractivity contribution in [3.63, 3.8) is 0 Å². The first kappa shape index (κ1) is 19.4. The molecule has 0 radical (unpaired) electrons. The van der Waals surface area contributed by atoms with Gasteiger partial charge in [0.1, 0.15) is 5.75 Å². The molecule has 136 valence electrons. The van der Waals surface area contributed by atoms with Crippen molar-refractivity contribution in [1.82, 2.24) is 5.43 Å². The molecule has 0 heterocycles. The molecule has 0 unspecified atom stereocenters. The summed E-state index contributed by atoms with van der Waals surface area (Å²) in [7, 11) is 0. The molecule has 0 aliphatic heterocycles. The second-order valence-electron chi connectivity index (χ2n) is 6.16. The second kappa shape index (κ2) is 10.9. The molecule has 1 amide bonds. The molecule has 4 nitrogen and oxygen atoms in total. The number of aromatic hydroxyl groups is 1. The summed E-state index contributed by atoms with van der Waals surface area (Å²) >= 11 is 0. The van der Waals surface area contributed by atoms with Gasteiger partial charge in [-0.3, -0.25) is 4.79 Å². The summed E-state index contributed by atoms with van der Waals surface area (Å²) in [5, 5.41) is 13.8. The van der Waals surface area contributed by atoms with Gasteiger partial charge in [-0.25, -0.2) is 5.43 Å². The molecule has 2 N–H and O–H groups in total. The van der Waals surface area contributed by atoms with Gasteiger partial charge in [-0.15, -0.1) is 0 Å². The number of phenolic OH excluding ortho intramolecular Hbond substituents is 1. The molecular weight excluding hydrogens is 324 g/mol. The van der Waals surface area contributed by atoms with E-state index in [1.54, 1.807) is 24.4 Å². The molecule has 2 rings (SSSR count). The Kier molecular flexibility index (Phi) is 8.13. The predicted octanol–water partition coefficient (Wildman–Crippen LogP) is 5.16. The first-order valence-corrected chi connectivity index (χ1v) is 9.07. The van der Waals surface area contributed by atoms with E-state index in [9.17, 15) is 9.90 Å². The van der Waals surface area contributed by atoms with Crippen molar-refractivity contribution in [3.8, 4) is 5.75 Å². The number of carbonyl (C=O) groups is 1. The number of hydrogen-bond donors (Lipinski definition) is 2. The molecule has 0 aliphatic rings. The van der Waals surface area contributed by atoms with Gasteiger partial charge < -0.3 is 5.11 Å². The van der Waals surface area contributed by atoms with E-state index < -0.39 is 5.91 Å². The zero-order valence-corrected chi connectivity index (χ0v) is 15.2. The lowest BCUT2D eigenvalue weighted by molar-refractivity contribution is 0.0952.